The Balaban J connectivity index is 1.57. The fraction of sp³-hybridized carbons (Fsp3) is 0.211. The molecule has 0 aliphatic carbocycles. The molecule has 0 fully saturated rings. The van der Waals surface area contributed by atoms with Crippen molar-refractivity contribution in [2.75, 3.05) is 11.9 Å². The molecule has 2 aromatic heterocycles. The molecule has 2 heterocycles. The van der Waals surface area contributed by atoms with Crippen LogP contribution in [-0.2, 0) is 21.4 Å². The third-order valence-electron chi connectivity index (χ3n) is 4.09. The molecule has 148 valence electrons. The molecular formula is C19H22N3O5S+. The van der Waals surface area contributed by atoms with Crippen molar-refractivity contribution in [2.24, 2.45) is 0 Å². The predicted molar refractivity (Wildman–Crippen MR) is 102 cm³/mol. The van der Waals surface area contributed by atoms with E-state index < -0.39 is 10.0 Å². The van der Waals surface area contributed by atoms with Gasteiger partial charge in [0.15, 0.2) is 12.3 Å². The van der Waals surface area contributed by atoms with Gasteiger partial charge in [-0.3, -0.25) is 4.79 Å². The Labute approximate surface area is 163 Å². The lowest BCUT2D eigenvalue weighted by molar-refractivity contribution is -0.684. The number of carbonyl (C=O) groups excluding carboxylic acids is 1. The van der Waals surface area contributed by atoms with Crippen LogP contribution >= 0.6 is 0 Å². The standard InChI is InChI=1S/C19H21N3O5S/c1-14(18-8-4-10-27-18)20-13-19(23)22-15-5-2-7-17(11-15)28(24,25)21-12-16-6-3-9-26-16/h2-11,14,20-21H,12-13H2,1H3,(H,22,23)/p+1/t14-/m0/s1. The fourth-order valence-corrected chi connectivity index (χ4v) is 3.60. The molecule has 0 saturated heterocycles. The van der Waals surface area contributed by atoms with Crippen molar-refractivity contribution in [3.05, 3.63) is 72.6 Å². The highest BCUT2D eigenvalue weighted by molar-refractivity contribution is 7.89. The average Bonchev–Trinajstić information content (AvgIpc) is 3.38. The van der Waals surface area contributed by atoms with E-state index in [1.165, 1.54) is 18.4 Å². The summed E-state index contributed by atoms with van der Waals surface area (Å²) >= 11 is 0. The van der Waals surface area contributed by atoms with Gasteiger partial charge < -0.3 is 19.5 Å². The lowest BCUT2D eigenvalue weighted by atomic mass is 10.2. The molecule has 3 aromatic rings. The summed E-state index contributed by atoms with van der Waals surface area (Å²) in [6.07, 6.45) is 3.06. The summed E-state index contributed by atoms with van der Waals surface area (Å²) in [6, 6.07) is 13.1. The van der Waals surface area contributed by atoms with Crippen LogP contribution in [0, 0.1) is 0 Å². The molecule has 0 spiro atoms. The molecule has 0 aliphatic heterocycles. The second-order valence-corrected chi connectivity index (χ2v) is 7.99. The number of amides is 1. The van der Waals surface area contributed by atoms with Crippen LogP contribution < -0.4 is 15.4 Å². The van der Waals surface area contributed by atoms with E-state index in [2.05, 4.69) is 10.0 Å². The van der Waals surface area contributed by atoms with Gasteiger partial charge in [0.2, 0.25) is 10.0 Å². The van der Waals surface area contributed by atoms with Crippen molar-refractivity contribution in [3.8, 4) is 0 Å². The van der Waals surface area contributed by atoms with Crippen LogP contribution in [-0.4, -0.2) is 20.9 Å². The third kappa shape index (κ3) is 5.32. The average molecular weight is 404 g/mol. The first kappa shape index (κ1) is 19.9. The quantitative estimate of drug-likeness (QED) is 0.501. The molecule has 0 unspecified atom stereocenters. The Morgan fingerprint density at radius 2 is 1.89 bits per heavy atom. The predicted octanol–water partition coefficient (Wildman–Crippen LogP) is 1.61. The monoisotopic (exact) mass is 404 g/mol. The van der Waals surface area contributed by atoms with E-state index >= 15 is 0 Å². The zero-order valence-corrected chi connectivity index (χ0v) is 16.1. The van der Waals surface area contributed by atoms with Crippen molar-refractivity contribution < 1.29 is 27.4 Å². The summed E-state index contributed by atoms with van der Waals surface area (Å²) in [7, 11) is -3.73. The molecule has 3 rings (SSSR count). The minimum atomic E-state index is -3.73. The largest absolute Gasteiger partial charge is 0.468 e. The maximum Gasteiger partial charge on any atom is 0.279 e. The van der Waals surface area contributed by atoms with E-state index in [-0.39, 0.29) is 29.9 Å². The molecule has 4 N–H and O–H groups in total. The highest BCUT2D eigenvalue weighted by Crippen LogP contribution is 2.16. The number of rotatable bonds is 9. The van der Waals surface area contributed by atoms with Gasteiger partial charge in [-0.1, -0.05) is 6.07 Å². The van der Waals surface area contributed by atoms with Crippen molar-refractivity contribution >= 4 is 21.6 Å². The minimum Gasteiger partial charge on any atom is -0.468 e. The summed E-state index contributed by atoms with van der Waals surface area (Å²) in [5.74, 6) is 1.05. The fourth-order valence-electron chi connectivity index (χ4n) is 2.57. The first-order valence-corrected chi connectivity index (χ1v) is 10.2. The van der Waals surface area contributed by atoms with Gasteiger partial charge in [-0.2, -0.15) is 0 Å². The van der Waals surface area contributed by atoms with Gasteiger partial charge in [0.05, 0.1) is 24.0 Å². The summed E-state index contributed by atoms with van der Waals surface area (Å²) in [5.41, 5.74) is 0.407. The third-order valence-corrected chi connectivity index (χ3v) is 5.49. The van der Waals surface area contributed by atoms with E-state index in [4.69, 9.17) is 8.83 Å². The van der Waals surface area contributed by atoms with E-state index in [0.29, 0.717) is 11.4 Å². The van der Waals surface area contributed by atoms with Gasteiger partial charge in [0, 0.05) is 5.69 Å². The molecule has 28 heavy (non-hydrogen) atoms. The van der Waals surface area contributed by atoms with Crippen LogP contribution in [0.25, 0.3) is 0 Å². The van der Waals surface area contributed by atoms with E-state index in [0.717, 1.165) is 5.76 Å². The molecule has 0 aliphatic rings. The number of hydrogen-bond donors (Lipinski definition) is 3. The topological polar surface area (TPSA) is 118 Å². The minimum absolute atomic E-state index is 0.00161. The van der Waals surface area contributed by atoms with Crippen molar-refractivity contribution in [3.63, 3.8) is 0 Å². The second-order valence-electron chi connectivity index (χ2n) is 6.22. The van der Waals surface area contributed by atoms with Gasteiger partial charge in [-0.25, -0.2) is 13.1 Å². The summed E-state index contributed by atoms with van der Waals surface area (Å²) in [6.45, 7) is 2.16. The summed E-state index contributed by atoms with van der Waals surface area (Å²) in [4.78, 5) is 12.2. The van der Waals surface area contributed by atoms with E-state index in [1.54, 1.807) is 36.6 Å². The maximum atomic E-state index is 12.4. The lowest BCUT2D eigenvalue weighted by Crippen LogP contribution is -2.86. The highest BCUT2D eigenvalue weighted by Gasteiger charge is 2.17. The van der Waals surface area contributed by atoms with Gasteiger partial charge >= 0.3 is 0 Å². The number of hydrogen-bond acceptors (Lipinski definition) is 5. The SMILES string of the molecule is C[C@H]([NH2+]CC(=O)Nc1cccc(S(=O)(=O)NCc2ccco2)c1)c1ccco1. The van der Waals surface area contributed by atoms with Gasteiger partial charge in [-0.05, 0) is 49.4 Å². The number of sulfonamides is 1. The maximum absolute atomic E-state index is 12.4. The number of anilines is 1. The van der Waals surface area contributed by atoms with Crippen LogP contribution in [0.3, 0.4) is 0 Å². The second kappa shape index (κ2) is 8.87. The summed E-state index contributed by atoms with van der Waals surface area (Å²) < 4.78 is 37.7. The number of quaternary nitrogens is 1. The Morgan fingerprint density at radius 3 is 2.61 bits per heavy atom. The zero-order valence-electron chi connectivity index (χ0n) is 15.3. The van der Waals surface area contributed by atoms with Gasteiger partial charge in [0.25, 0.3) is 5.91 Å². The zero-order chi connectivity index (χ0) is 20.0. The molecule has 1 amide bonds. The van der Waals surface area contributed by atoms with Gasteiger partial charge in [0.1, 0.15) is 11.8 Å². The number of benzene rings is 1. The number of carbonyl (C=O) groups is 1. The Bertz CT molecular complexity index is 998. The van der Waals surface area contributed by atoms with Gasteiger partial charge in [-0.15, -0.1) is 0 Å². The van der Waals surface area contributed by atoms with Crippen LogP contribution in [0.4, 0.5) is 5.69 Å². The molecule has 0 saturated carbocycles. The Kier molecular flexibility index (Phi) is 6.30. The summed E-state index contributed by atoms with van der Waals surface area (Å²) in [5, 5.41) is 4.55. The molecule has 9 heteroatoms. The Morgan fingerprint density at radius 1 is 1.11 bits per heavy atom. The van der Waals surface area contributed by atoms with Crippen LogP contribution in [0.5, 0.6) is 0 Å². The normalized spacial score (nSPS) is 12.6. The molecule has 8 nitrogen and oxygen atoms in total. The van der Waals surface area contributed by atoms with Crippen LogP contribution in [0.1, 0.15) is 24.5 Å². The molecule has 0 bridgehead atoms. The molecule has 0 radical (unpaired) electrons. The first-order valence-electron chi connectivity index (χ1n) is 8.73. The number of nitrogens with one attached hydrogen (secondary N) is 2. The van der Waals surface area contributed by atoms with Crippen LogP contribution in [0.15, 0.2) is 74.8 Å². The molecular weight excluding hydrogens is 382 g/mol. The first-order chi connectivity index (χ1) is 13.4. The number of nitrogens with two attached hydrogens (primary N) is 1. The number of furan rings is 2. The molecule has 1 aromatic carbocycles. The van der Waals surface area contributed by atoms with Crippen molar-refractivity contribution in [1.82, 2.24) is 4.72 Å². The highest BCUT2D eigenvalue weighted by atomic mass is 32.2. The van der Waals surface area contributed by atoms with E-state index in [1.807, 2.05) is 18.3 Å². The van der Waals surface area contributed by atoms with Crippen molar-refractivity contribution in [1.29, 1.82) is 0 Å². The van der Waals surface area contributed by atoms with E-state index in [9.17, 15) is 13.2 Å². The Hall–Kier alpha value is -2.88. The molecule has 1 atom stereocenters. The lowest BCUT2D eigenvalue weighted by Gasteiger charge is -2.10. The van der Waals surface area contributed by atoms with Crippen molar-refractivity contribution in [2.45, 2.75) is 24.4 Å². The van der Waals surface area contributed by atoms with Crippen LogP contribution in [0.2, 0.25) is 0 Å². The smallest absolute Gasteiger partial charge is 0.279 e.